The highest BCUT2D eigenvalue weighted by atomic mass is 16.6. The molecule has 0 aromatic heterocycles. The first-order chi connectivity index (χ1) is 32.9. The Hall–Kier alpha value is -2.11. The van der Waals surface area contributed by atoms with Gasteiger partial charge in [-0.3, -0.25) is 14.4 Å². The Bertz CT molecular complexity index is 1240. The fourth-order valence-corrected chi connectivity index (χ4v) is 7.86. The average molecular weight is 892 g/mol. The summed E-state index contributed by atoms with van der Waals surface area (Å²) in [5, 5.41) is 0. The third kappa shape index (κ3) is 50.7. The monoisotopic (exact) mass is 892 g/mol. The summed E-state index contributed by atoms with van der Waals surface area (Å²) in [6, 6.07) is 0. The van der Waals surface area contributed by atoms with Gasteiger partial charge in [0, 0.05) is 19.3 Å². The molecule has 6 heteroatoms. The van der Waals surface area contributed by atoms with E-state index in [1.807, 2.05) is 0 Å². The van der Waals surface area contributed by atoms with Gasteiger partial charge < -0.3 is 14.2 Å². The molecule has 0 saturated carbocycles. The van der Waals surface area contributed by atoms with Crippen LogP contribution in [0.25, 0.3) is 0 Å². The summed E-state index contributed by atoms with van der Waals surface area (Å²) in [5.74, 6) is -2.96. The van der Waals surface area contributed by atoms with Gasteiger partial charge in [0.2, 0.25) is 0 Å². The molecule has 1 atom stereocenters. The van der Waals surface area contributed by atoms with Crippen molar-refractivity contribution in [3.05, 3.63) is 24.3 Å². The predicted molar refractivity (Wildman–Crippen MR) is 270 cm³/mol. The highest BCUT2D eigenvalue weighted by molar-refractivity contribution is 5.71. The lowest BCUT2D eigenvalue weighted by Gasteiger charge is -2.18. The van der Waals surface area contributed by atoms with E-state index >= 15 is 0 Å². The van der Waals surface area contributed by atoms with Gasteiger partial charge in [-0.1, -0.05) is 238 Å². The topological polar surface area (TPSA) is 78.9 Å². The zero-order chi connectivity index (χ0) is 50.3. The Morgan fingerprint density at radius 2 is 0.571 bits per heavy atom. The van der Waals surface area contributed by atoms with E-state index in [2.05, 4.69) is 45.1 Å². The van der Waals surface area contributed by atoms with Gasteiger partial charge in [-0.05, 0) is 70.6 Å². The second kappa shape index (κ2) is 52.5. The quantitative estimate of drug-likeness (QED) is 0.0262. The van der Waals surface area contributed by atoms with Crippen molar-refractivity contribution in [3.8, 4) is 0 Å². The molecule has 0 aliphatic carbocycles. The molecule has 0 radical (unpaired) electrons. The molecule has 0 saturated heterocycles. The number of allylic oxidation sites excluding steroid dienone is 4. The molecule has 0 fully saturated rings. The van der Waals surface area contributed by atoms with Crippen molar-refractivity contribution in [2.45, 2.75) is 309 Å². The van der Waals surface area contributed by atoms with Crippen LogP contribution in [0.15, 0.2) is 24.3 Å². The lowest BCUT2D eigenvalue weighted by atomic mass is 10.0. The van der Waals surface area contributed by atoms with E-state index in [9.17, 15) is 14.4 Å². The first kappa shape index (κ1) is 51.9. The number of carbonyl (C=O) groups excluding carboxylic acids is 3. The first-order valence-corrected chi connectivity index (χ1v) is 27.3. The molecule has 0 heterocycles. The van der Waals surface area contributed by atoms with Crippen molar-refractivity contribution < 1.29 is 35.4 Å². The van der Waals surface area contributed by atoms with E-state index in [1.165, 1.54) is 141 Å². The summed E-state index contributed by atoms with van der Waals surface area (Å²) in [5.41, 5.74) is 0. The summed E-state index contributed by atoms with van der Waals surface area (Å²) in [7, 11) is 0. The highest BCUT2D eigenvalue weighted by Gasteiger charge is 2.19. The van der Waals surface area contributed by atoms with Gasteiger partial charge in [-0.2, -0.15) is 0 Å². The van der Waals surface area contributed by atoms with Crippen LogP contribution < -0.4 is 0 Å². The third-order valence-electron chi connectivity index (χ3n) is 12.0. The Kier molecular flexibility index (Phi) is 43.2. The third-order valence-corrected chi connectivity index (χ3v) is 12.0. The van der Waals surface area contributed by atoms with Crippen molar-refractivity contribution in [2.24, 2.45) is 0 Å². The van der Waals surface area contributed by atoms with Crippen molar-refractivity contribution in [3.63, 3.8) is 0 Å². The van der Waals surface area contributed by atoms with Gasteiger partial charge in [0.25, 0.3) is 0 Å². The Balaban J connectivity index is 5.00. The number of rotatable bonds is 51. The molecule has 63 heavy (non-hydrogen) atoms. The predicted octanol–water partition coefficient (Wildman–Crippen LogP) is 18.3. The molecule has 0 bridgehead atoms. The van der Waals surface area contributed by atoms with E-state index in [-0.39, 0.29) is 19.3 Å². The number of hydrogen-bond acceptors (Lipinski definition) is 6. The molecule has 0 unspecified atom stereocenters. The number of esters is 3. The molecule has 370 valence electrons. The second-order valence-electron chi connectivity index (χ2n) is 18.3. The van der Waals surface area contributed by atoms with Gasteiger partial charge in [-0.15, -0.1) is 0 Å². The van der Waals surface area contributed by atoms with E-state index in [1.54, 1.807) is 0 Å². The highest BCUT2D eigenvalue weighted by Crippen LogP contribution is 2.16. The van der Waals surface area contributed by atoms with Crippen LogP contribution in [0.5, 0.6) is 0 Å². The van der Waals surface area contributed by atoms with Crippen molar-refractivity contribution in [1.82, 2.24) is 0 Å². The van der Waals surface area contributed by atoms with Gasteiger partial charge in [0.05, 0.1) is 6.85 Å². The van der Waals surface area contributed by atoms with Crippen LogP contribution in [0.1, 0.15) is 310 Å². The molecular formula is C57H106O6. The standard InChI is InChI=1S/C57H106O6/c1-4-7-10-13-16-19-22-25-28-31-34-37-40-43-46-49-55(58)61-52-54(63-57(60)51-48-45-42-39-36-33-30-27-24-21-18-15-12-9-6-3)53-62-56(59)50-47-44-41-38-35-32-29-26-23-20-17-14-11-8-5-2/h25,27-28,30,54H,4-24,26,29,31-53H2,1-3H3/b28-25-,30-27-/t54-/m1/s1/i52D2,53D2,54D. The summed E-state index contributed by atoms with van der Waals surface area (Å²) < 4.78 is 58.9. The second-order valence-corrected chi connectivity index (χ2v) is 18.3. The lowest BCUT2D eigenvalue weighted by molar-refractivity contribution is -0.167. The van der Waals surface area contributed by atoms with Crippen LogP contribution in [0.4, 0.5) is 0 Å². The lowest BCUT2D eigenvalue weighted by Crippen LogP contribution is -2.30. The van der Waals surface area contributed by atoms with E-state index in [0.717, 1.165) is 96.3 Å². The SMILES string of the molecule is [2H]C([2H])(OC(=O)CCCCCCC/C=C\CCCCCCCC)[C@@]([2H])(OC(=O)CCCCCCC/C=C\CCCCCCCC)C([2H])([2H])OC(=O)CCCCCCCCCCCCCCCCC. The number of unbranched alkanes of at least 4 members (excludes halogenated alkanes) is 36. The van der Waals surface area contributed by atoms with E-state index in [4.69, 9.17) is 21.1 Å². The fraction of sp³-hybridized carbons (Fsp3) is 0.877. The summed E-state index contributed by atoms with van der Waals surface area (Å²) in [6.07, 6.45) is 50.4. The van der Waals surface area contributed by atoms with Crippen LogP contribution in [0.3, 0.4) is 0 Å². The fourth-order valence-electron chi connectivity index (χ4n) is 7.86. The maximum atomic E-state index is 13.1. The van der Waals surface area contributed by atoms with Crippen LogP contribution in [0, 0.1) is 0 Å². The summed E-state index contributed by atoms with van der Waals surface area (Å²) in [4.78, 5) is 39.0. The molecule has 0 aromatic rings. The molecule has 0 spiro atoms. The minimum absolute atomic E-state index is 0.130. The summed E-state index contributed by atoms with van der Waals surface area (Å²) >= 11 is 0. The minimum Gasteiger partial charge on any atom is -0.462 e. The smallest absolute Gasteiger partial charge is 0.306 e. The van der Waals surface area contributed by atoms with Gasteiger partial charge in [-0.25, -0.2) is 0 Å². The maximum Gasteiger partial charge on any atom is 0.306 e. The first-order valence-electron chi connectivity index (χ1n) is 29.8. The van der Waals surface area contributed by atoms with Crippen molar-refractivity contribution >= 4 is 17.9 Å². The Morgan fingerprint density at radius 1 is 0.349 bits per heavy atom. The molecular weight excluding hydrogens is 781 g/mol. The van der Waals surface area contributed by atoms with Gasteiger partial charge in [0.15, 0.2) is 6.08 Å². The van der Waals surface area contributed by atoms with Gasteiger partial charge >= 0.3 is 17.9 Å². The number of hydrogen-bond donors (Lipinski definition) is 0. The van der Waals surface area contributed by atoms with Crippen LogP contribution >= 0.6 is 0 Å². The van der Waals surface area contributed by atoms with Crippen molar-refractivity contribution in [1.29, 1.82) is 0 Å². The van der Waals surface area contributed by atoms with Gasteiger partial charge in [0.1, 0.15) is 13.1 Å². The molecule has 0 rings (SSSR count). The average Bonchev–Trinajstić information content (AvgIpc) is 3.29. The van der Waals surface area contributed by atoms with E-state index in [0.29, 0.717) is 25.7 Å². The normalized spacial score (nSPS) is 14.2. The van der Waals surface area contributed by atoms with E-state index < -0.39 is 37.1 Å². The molecule has 6 nitrogen and oxygen atoms in total. The molecule has 0 aliphatic heterocycles. The van der Waals surface area contributed by atoms with Crippen LogP contribution in [0.2, 0.25) is 0 Å². The zero-order valence-corrected chi connectivity index (χ0v) is 41.9. The van der Waals surface area contributed by atoms with Crippen molar-refractivity contribution in [2.75, 3.05) is 13.1 Å². The summed E-state index contributed by atoms with van der Waals surface area (Å²) in [6.45, 7) is -0.198. The largest absolute Gasteiger partial charge is 0.462 e. The zero-order valence-electron chi connectivity index (χ0n) is 46.9. The minimum atomic E-state index is -3.50. The molecule has 0 N–H and O–H groups in total. The number of ether oxygens (including phenoxy) is 3. The van der Waals surface area contributed by atoms with Crippen LogP contribution in [-0.4, -0.2) is 37.1 Å². The molecule has 0 amide bonds. The number of carbonyl (C=O) groups is 3. The molecule has 0 aliphatic rings. The maximum absolute atomic E-state index is 13.1. The van der Waals surface area contributed by atoms with Crippen LogP contribution in [-0.2, 0) is 28.6 Å². The molecule has 0 aromatic carbocycles. The Morgan fingerprint density at radius 3 is 0.841 bits per heavy atom. The Labute approximate surface area is 399 Å².